The number of benzene rings is 3. The minimum absolute atomic E-state index is 0.000173. The average molecular weight is 488 g/mol. The van der Waals surface area contributed by atoms with E-state index in [4.69, 9.17) is 11.6 Å². The Morgan fingerprint density at radius 3 is 2.33 bits per heavy atom. The summed E-state index contributed by atoms with van der Waals surface area (Å²) in [6.45, 7) is 3.03. The molecule has 0 spiro atoms. The lowest BCUT2D eigenvalue weighted by Crippen LogP contribution is -2.37. The number of amides is 1. The van der Waals surface area contributed by atoms with Gasteiger partial charge in [-0.05, 0) is 54.8 Å². The first-order valence-corrected chi connectivity index (χ1v) is 11.7. The van der Waals surface area contributed by atoms with E-state index in [2.05, 4.69) is 5.32 Å². The second kappa shape index (κ2) is 10.1. The van der Waals surface area contributed by atoms with Crippen molar-refractivity contribution in [2.24, 2.45) is 0 Å². The van der Waals surface area contributed by atoms with Crippen molar-refractivity contribution in [3.8, 4) is 0 Å². The lowest BCUT2D eigenvalue weighted by atomic mass is 10.1. The monoisotopic (exact) mass is 487 g/mol. The number of sulfonamides is 1. The van der Waals surface area contributed by atoms with Gasteiger partial charge in [0.05, 0.1) is 22.1 Å². The van der Waals surface area contributed by atoms with Gasteiger partial charge in [0, 0.05) is 23.7 Å². The van der Waals surface area contributed by atoms with E-state index in [1.165, 1.54) is 42.5 Å². The molecule has 8 nitrogen and oxygen atoms in total. The molecule has 0 radical (unpaired) electrons. The van der Waals surface area contributed by atoms with Crippen LogP contribution in [0.15, 0.2) is 71.6 Å². The molecule has 0 fully saturated rings. The molecule has 10 heteroatoms. The molecule has 0 aliphatic rings. The van der Waals surface area contributed by atoms with Crippen molar-refractivity contribution in [3.63, 3.8) is 0 Å². The summed E-state index contributed by atoms with van der Waals surface area (Å²) in [5.41, 5.74) is 2.30. The SMILES string of the molecule is Cc1ccccc1CN(CC(=O)Nc1cc([N+](=O)[O-])ccc1C)S(=O)(=O)c1ccc(Cl)cc1. The van der Waals surface area contributed by atoms with Crippen LogP contribution >= 0.6 is 11.6 Å². The highest BCUT2D eigenvalue weighted by Crippen LogP contribution is 2.24. The fourth-order valence-electron chi connectivity index (χ4n) is 3.17. The molecular weight excluding hydrogens is 466 g/mol. The van der Waals surface area contributed by atoms with Crippen molar-refractivity contribution < 1.29 is 18.1 Å². The molecule has 0 aliphatic carbocycles. The number of nitro benzene ring substituents is 1. The van der Waals surface area contributed by atoms with Gasteiger partial charge >= 0.3 is 0 Å². The second-order valence-electron chi connectivity index (χ2n) is 7.46. The minimum Gasteiger partial charge on any atom is -0.324 e. The van der Waals surface area contributed by atoms with Gasteiger partial charge in [-0.15, -0.1) is 0 Å². The Kier molecular flexibility index (Phi) is 7.47. The zero-order valence-corrected chi connectivity index (χ0v) is 19.6. The Morgan fingerprint density at radius 2 is 1.70 bits per heavy atom. The first-order chi connectivity index (χ1) is 15.6. The maximum atomic E-state index is 13.4. The fraction of sp³-hybridized carbons (Fsp3) is 0.174. The van der Waals surface area contributed by atoms with Crippen LogP contribution in [0.2, 0.25) is 5.02 Å². The van der Waals surface area contributed by atoms with E-state index in [0.29, 0.717) is 10.6 Å². The van der Waals surface area contributed by atoms with Crippen molar-refractivity contribution in [1.82, 2.24) is 4.31 Å². The first kappa shape index (κ1) is 24.4. The van der Waals surface area contributed by atoms with E-state index in [9.17, 15) is 23.3 Å². The lowest BCUT2D eigenvalue weighted by molar-refractivity contribution is -0.384. The van der Waals surface area contributed by atoms with Gasteiger partial charge in [0.1, 0.15) is 0 Å². The Labute approximate surface area is 197 Å². The van der Waals surface area contributed by atoms with Crippen LogP contribution < -0.4 is 5.32 Å². The number of halogens is 1. The third kappa shape index (κ3) is 5.95. The molecule has 0 saturated carbocycles. The van der Waals surface area contributed by atoms with Crippen LogP contribution in [0.1, 0.15) is 16.7 Å². The molecule has 172 valence electrons. The normalized spacial score (nSPS) is 11.4. The summed E-state index contributed by atoms with van der Waals surface area (Å²) < 4.78 is 27.8. The van der Waals surface area contributed by atoms with E-state index in [1.807, 2.05) is 19.1 Å². The topological polar surface area (TPSA) is 110 Å². The number of nitrogens with one attached hydrogen (secondary N) is 1. The molecule has 0 saturated heterocycles. The average Bonchev–Trinajstić information content (AvgIpc) is 2.76. The number of hydrogen-bond donors (Lipinski definition) is 1. The molecule has 3 rings (SSSR count). The van der Waals surface area contributed by atoms with Gasteiger partial charge in [0.15, 0.2) is 0 Å². The molecule has 0 aromatic heterocycles. The number of aryl methyl sites for hydroxylation is 2. The highest BCUT2D eigenvalue weighted by atomic mass is 35.5. The van der Waals surface area contributed by atoms with Gasteiger partial charge in [0.25, 0.3) is 5.69 Å². The van der Waals surface area contributed by atoms with E-state index in [0.717, 1.165) is 15.4 Å². The Morgan fingerprint density at radius 1 is 1.03 bits per heavy atom. The van der Waals surface area contributed by atoms with Gasteiger partial charge in [-0.3, -0.25) is 14.9 Å². The molecule has 1 N–H and O–H groups in total. The summed E-state index contributed by atoms with van der Waals surface area (Å²) in [5, 5.41) is 14.1. The zero-order valence-electron chi connectivity index (χ0n) is 18.0. The van der Waals surface area contributed by atoms with Crippen LogP contribution in [0.5, 0.6) is 0 Å². The Bertz CT molecular complexity index is 1290. The van der Waals surface area contributed by atoms with E-state index < -0.39 is 27.4 Å². The van der Waals surface area contributed by atoms with Crippen molar-refractivity contribution in [2.45, 2.75) is 25.3 Å². The Balaban J connectivity index is 1.92. The third-order valence-electron chi connectivity index (χ3n) is 5.09. The first-order valence-electron chi connectivity index (χ1n) is 9.93. The van der Waals surface area contributed by atoms with Crippen LogP contribution in [-0.4, -0.2) is 30.1 Å². The summed E-state index contributed by atoms with van der Waals surface area (Å²) in [7, 11) is -4.05. The molecular formula is C23H22ClN3O5S. The maximum absolute atomic E-state index is 13.4. The summed E-state index contributed by atoms with van der Waals surface area (Å²) >= 11 is 5.90. The molecule has 3 aromatic carbocycles. The third-order valence-corrected chi connectivity index (χ3v) is 7.14. The summed E-state index contributed by atoms with van der Waals surface area (Å²) in [6.07, 6.45) is 0. The van der Waals surface area contributed by atoms with Crippen molar-refractivity contribution >= 4 is 38.9 Å². The lowest BCUT2D eigenvalue weighted by Gasteiger charge is -2.23. The predicted molar refractivity (Wildman–Crippen MR) is 127 cm³/mol. The van der Waals surface area contributed by atoms with Gasteiger partial charge < -0.3 is 5.32 Å². The summed E-state index contributed by atoms with van der Waals surface area (Å²) in [5.74, 6) is -0.621. The highest BCUT2D eigenvalue weighted by molar-refractivity contribution is 7.89. The smallest absolute Gasteiger partial charge is 0.271 e. The van der Waals surface area contributed by atoms with Gasteiger partial charge in [-0.2, -0.15) is 4.31 Å². The maximum Gasteiger partial charge on any atom is 0.271 e. The zero-order chi connectivity index (χ0) is 24.2. The second-order valence-corrected chi connectivity index (χ2v) is 9.83. The molecule has 33 heavy (non-hydrogen) atoms. The van der Waals surface area contributed by atoms with Crippen LogP contribution in [0.4, 0.5) is 11.4 Å². The number of hydrogen-bond acceptors (Lipinski definition) is 5. The highest BCUT2D eigenvalue weighted by Gasteiger charge is 2.27. The van der Waals surface area contributed by atoms with Crippen LogP contribution in [-0.2, 0) is 21.4 Å². The Hall–Kier alpha value is -3.27. The van der Waals surface area contributed by atoms with Crippen LogP contribution in [0.25, 0.3) is 0 Å². The number of carbonyl (C=O) groups excluding carboxylic acids is 1. The number of rotatable bonds is 8. The molecule has 1 amide bonds. The number of anilines is 1. The van der Waals surface area contributed by atoms with Gasteiger partial charge in [-0.1, -0.05) is 41.9 Å². The number of non-ortho nitro benzene ring substituents is 1. The summed E-state index contributed by atoms with van der Waals surface area (Å²) in [6, 6.07) is 17.1. The molecule has 0 aliphatic heterocycles. The molecule has 3 aromatic rings. The summed E-state index contributed by atoms with van der Waals surface area (Å²) in [4.78, 5) is 23.4. The van der Waals surface area contributed by atoms with Crippen molar-refractivity contribution in [2.75, 3.05) is 11.9 Å². The molecule has 0 atom stereocenters. The van der Waals surface area contributed by atoms with Gasteiger partial charge in [0.2, 0.25) is 15.9 Å². The van der Waals surface area contributed by atoms with Crippen LogP contribution in [0, 0.1) is 24.0 Å². The quantitative estimate of drug-likeness (QED) is 0.366. The molecule has 0 bridgehead atoms. The van der Waals surface area contributed by atoms with Crippen LogP contribution in [0.3, 0.4) is 0 Å². The minimum atomic E-state index is -4.05. The predicted octanol–water partition coefficient (Wildman–Crippen LogP) is 4.69. The fourth-order valence-corrected chi connectivity index (χ4v) is 4.67. The van der Waals surface area contributed by atoms with Crippen molar-refractivity contribution in [1.29, 1.82) is 0 Å². The molecule has 0 unspecified atom stereocenters. The number of nitro groups is 1. The van der Waals surface area contributed by atoms with Gasteiger partial charge in [-0.25, -0.2) is 8.42 Å². The standard InChI is InChI=1S/C23H22ClN3O5S/c1-16-5-3-4-6-18(16)14-26(33(31,32)21-11-8-19(24)9-12-21)15-23(28)25-22-13-20(27(29)30)10-7-17(22)2/h3-13H,14-15H2,1-2H3,(H,25,28). The van der Waals surface area contributed by atoms with E-state index in [-0.39, 0.29) is 22.8 Å². The van der Waals surface area contributed by atoms with E-state index in [1.54, 1.807) is 19.1 Å². The van der Waals surface area contributed by atoms with Crippen molar-refractivity contribution in [3.05, 3.63) is 98.6 Å². The van der Waals surface area contributed by atoms with E-state index >= 15 is 0 Å². The molecule has 0 heterocycles. The number of carbonyl (C=O) groups is 1. The largest absolute Gasteiger partial charge is 0.324 e. The number of nitrogens with zero attached hydrogens (tertiary/aromatic N) is 2.